The first-order valence-electron chi connectivity index (χ1n) is 6.02. The largest absolute Gasteiger partial charge is 0.329 e. The number of carbonyl (C=O) groups is 2. The lowest BCUT2D eigenvalue weighted by Gasteiger charge is -2.47. The Morgan fingerprint density at radius 1 is 1.19 bits per heavy atom. The number of hydrogen-bond donors (Lipinski definition) is 0. The van der Waals surface area contributed by atoms with Crippen LogP contribution in [0.2, 0.25) is 0 Å². The third-order valence-electron chi connectivity index (χ3n) is 3.48. The van der Waals surface area contributed by atoms with E-state index in [-0.39, 0.29) is 29.9 Å². The van der Waals surface area contributed by atoms with Crippen molar-refractivity contribution in [3.63, 3.8) is 0 Å². The van der Waals surface area contributed by atoms with E-state index in [9.17, 15) is 9.59 Å². The number of fused-ring (bicyclic) bond motifs is 1. The summed E-state index contributed by atoms with van der Waals surface area (Å²) in [6.07, 6.45) is 2.92. The van der Waals surface area contributed by atoms with Gasteiger partial charge in [-0.15, -0.1) is 0 Å². The molecule has 1 unspecified atom stereocenters. The predicted molar refractivity (Wildman–Crippen MR) is 60.8 cm³/mol. The summed E-state index contributed by atoms with van der Waals surface area (Å²) in [5, 5.41) is 0. The molecule has 2 saturated heterocycles. The average molecular weight is 224 g/mol. The Morgan fingerprint density at radius 3 is 2.50 bits per heavy atom. The van der Waals surface area contributed by atoms with E-state index in [4.69, 9.17) is 0 Å². The van der Waals surface area contributed by atoms with Crippen molar-refractivity contribution in [3.05, 3.63) is 0 Å². The molecule has 0 saturated carbocycles. The predicted octanol–water partition coefficient (Wildman–Crippen LogP) is 1.01. The summed E-state index contributed by atoms with van der Waals surface area (Å²) >= 11 is 0. The van der Waals surface area contributed by atoms with Gasteiger partial charge in [-0.25, -0.2) is 0 Å². The van der Waals surface area contributed by atoms with E-state index >= 15 is 0 Å². The van der Waals surface area contributed by atoms with Gasteiger partial charge in [-0.1, -0.05) is 0 Å². The molecular formula is C12H20N2O2. The number of hydrogen-bond acceptors (Lipinski definition) is 2. The second kappa shape index (κ2) is 3.75. The van der Waals surface area contributed by atoms with E-state index in [0.717, 1.165) is 25.8 Å². The Labute approximate surface area is 96.6 Å². The minimum Gasteiger partial charge on any atom is -0.329 e. The second-order valence-corrected chi connectivity index (χ2v) is 5.69. The van der Waals surface area contributed by atoms with Crippen LogP contribution in [-0.2, 0) is 9.59 Å². The summed E-state index contributed by atoms with van der Waals surface area (Å²) in [6, 6.07) is -0.186. The van der Waals surface area contributed by atoms with Crippen molar-refractivity contribution >= 4 is 11.8 Å². The Bertz CT molecular complexity index is 319. The van der Waals surface area contributed by atoms with Gasteiger partial charge in [-0.05, 0) is 40.0 Å². The molecule has 4 nitrogen and oxygen atoms in total. The van der Waals surface area contributed by atoms with Crippen LogP contribution in [0.25, 0.3) is 0 Å². The molecule has 4 heteroatoms. The molecule has 0 radical (unpaired) electrons. The maximum absolute atomic E-state index is 12.3. The lowest BCUT2D eigenvalue weighted by molar-refractivity contribution is -0.162. The van der Waals surface area contributed by atoms with Crippen LogP contribution in [0.15, 0.2) is 0 Å². The summed E-state index contributed by atoms with van der Waals surface area (Å²) in [6.45, 7) is 6.95. The van der Waals surface area contributed by atoms with Gasteiger partial charge in [0.25, 0.3) is 0 Å². The van der Waals surface area contributed by atoms with Crippen LogP contribution in [-0.4, -0.2) is 46.3 Å². The SMILES string of the molecule is CC(C)(C)N1CC(=O)N2CCCCC2C1=O. The molecule has 2 heterocycles. The van der Waals surface area contributed by atoms with Crippen molar-refractivity contribution in [2.75, 3.05) is 13.1 Å². The van der Waals surface area contributed by atoms with E-state index in [0.29, 0.717) is 0 Å². The normalized spacial score (nSPS) is 27.1. The van der Waals surface area contributed by atoms with Crippen LogP contribution in [0.4, 0.5) is 0 Å². The van der Waals surface area contributed by atoms with Crippen LogP contribution in [0, 0.1) is 0 Å². The highest BCUT2D eigenvalue weighted by atomic mass is 16.2. The summed E-state index contributed by atoms with van der Waals surface area (Å²) in [5.74, 6) is 0.242. The van der Waals surface area contributed by atoms with Crippen molar-refractivity contribution in [1.82, 2.24) is 9.80 Å². The van der Waals surface area contributed by atoms with Gasteiger partial charge in [-0.3, -0.25) is 9.59 Å². The first kappa shape index (κ1) is 11.4. The molecular weight excluding hydrogens is 204 g/mol. The number of carbonyl (C=O) groups excluding carboxylic acids is 2. The van der Waals surface area contributed by atoms with Gasteiger partial charge in [0.15, 0.2) is 0 Å². The van der Waals surface area contributed by atoms with E-state index < -0.39 is 0 Å². The zero-order valence-electron chi connectivity index (χ0n) is 10.3. The van der Waals surface area contributed by atoms with Crippen molar-refractivity contribution in [2.24, 2.45) is 0 Å². The lowest BCUT2D eigenvalue weighted by atomic mass is 9.95. The van der Waals surface area contributed by atoms with Crippen LogP contribution in [0.3, 0.4) is 0 Å². The molecule has 2 amide bonds. The molecule has 2 aliphatic rings. The van der Waals surface area contributed by atoms with Gasteiger partial charge in [-0.2, -0.15) is 0 Å². The molecule has 0 aromatic carbocycles. The fourth-order valence-electron chi connectivity index (χ4n) is 2.54. The Kier molecular flexibility index (Phi) is 2.68. The summed E-state index contributed by atoms with van der Waals surface area (Å²) < 4.78 is 0. The fraction of sp³-hybridized carbons (Fsp3) is 0.833. The molecule has 2 aliphatic heterocycles. The van der Waals surface area contributed by atoms with E-state index in [1.165, 1.54) is 0 Å². The molecule has 1 atom stereocenters. The van der Waals surface area contributed by atoms with Crippen molar-refractivity contribution in [3.8, 4) is 0 Å². The lowest BCUT2D eigenvalue weighted by Crippen LogP contribution is -2.65. The quantitative estimate of drug-likeness (QED) is 0.616. The monoisotopic (exact) mass is 224 g/mol. The summed E-state index contributed by atoms with van der Waals surface area (Å²) in [5.41, 5.74) is -0.254. The maximum atomic E-state index is 12.3. The molecule has 0 spiro atoms. The molecule has 0 bridgehead atoms. The Hall–Kier alpha value is -1.06. The first-order valence-corrected chi connectivity index (χ1v) is 6.02. The second-order valence-electron chi connectivity index (χ2n) is 5.69. The molecule has 0 aliphatic carbocycles. The molecule has 2 rings (SSSR count). The highest BCUT2D eigenvalue weighted by Crippen LogP contribution is 2.27. The van der Waals surface area contributed by atoms with Gasteiger partial charge < -0.3 is 9.80 Å². The standard InChI is InChI=1S/C12H20N2O2/c1-12(2,3)14-8-10(15)13-7-5-4-6-9(13)11(14)16/h9H,4-8H2,1-3H3. The zero-order chi connectivity index (χ0) is 11.9. The topological polar surface area (TPSA) is 40.6 Å². The van der Waals surface area contributed by atoms with Crippen molar-refractivity contribution < 1.29 is 9.59 Å². The van der Waals surface area contributed by atoms with E-state index in [1.807, 2.05) is 20.8 Å². The smallest absolute Gasteiger partial charge is 0.246 e. The summed E-state index contributed by atoms with van der Waals surface area (Å²) in [4.78, 5) is 27.7. The molecule has 0 N–H and O–H groups in total. The van der Waals surface area contributed by atoms with Crippen LogP contribution in [0.1, 0.15) is 40.0 Å². The van der Waals surface area contributed by atoms with E-state index in [1.54, 1.807) is 9.80 Å². The minimum absolute atomic E-state index is 0.110. The van der Waals surface area contributed by atoms with Gasteiger partial charge in [0.2, 0.25) is 11.8 Å². The van der Waals surface area contributed by atoms with Crippen molar-refractivity contribution in [1.29, 1.82) is 0 Å². The van der Waals surface area contributed by atoms with Gasteiger partial charge >= 0.3 is 0 Å². The molecule has 0 aromatic rings. The fourth-order valence-corrected chi connectivity index (χ4v) is 2.54. The third-order valence-corrected chi connectivity index (χ3v) is 3.48. The number of amides is 2. The number of rotatable bonds is 0. The van der Waals surface area contributed by atoms with Crippen molar-refractivity contribution in [2.45, 2.75) is 51.6 Å². The highest BCUT2D eigenvalue weighted by molar-refractivity contribution is 5.95. The van der Waals surface area contributed by atoms with Crippen LogP contribution < -0.4 is 0 Å². The first-order chi connectivity index (χ1) is 7.41. The zero-order valence-corrected chi connectivity index (χ0v) is 10.3. The summed E-state index contributed by atoms with van der Waals surface area (Å²) in [7, 11) is 0. The maximum Gasteiger partial charge on any atom is 0.246 e. The van der Waals surface area contributed by atoms with Gasteiger partial charge in [0.05, 0.1) is 0 Å². The number of piperidine rings is 1. The van der Waals surface area contributed by atoms with Gasteiger partial charge in [0, 0.05) is 12.1 Å². The number of piperazine rings is 1. The van der Waals surface area contributed by atoms with Crippen LogP contribution >= 0.6 is 0 Å². The van der Waals surface area contributed by atoms with Crippen LogP contribution in [0.5, 0.6) is 0 Å². The average Bonchev–Trinajstić information content (AvgIpc) is 2.22. The molecule has 16 heavy (non-hydrogen) atoms. The number of nitrogens with zero attached hydrogens (tertiary/aromatic N) is 2. The third kappa shape index (κ3) is 1.81. The molecule has 2 fully saturated rings. The Balaban J connectivity index is 2.23. The molecule has 0 aromatic heterocycles. The van der Waals surface area contributed by atoms with Gasteiger partial charge in [0.1, 0.15) is 12.6 Å². The Morgan fingerprint density at radius 2 is 1.88 bits per heavy atom. The minimum atomic E-state index is -0.254. The molecule has 90 valence electrons. The van der Waals surface area contributed by atoms with E-state index in [2.05, 4.69) is 0 Å². The highest BCUT2D eigenvalue weighted by Gasteiger charge is 2.43.